The fraction of sp³-hybridized carbons (Fsp3) is 0.684. The Bertz CT molecular complexity index is 464. The Balaban J connectivity index is 3.25. The summed E-state index contributed by atoms with van der Waals surface area (Å²) in [7, 11) is -3.55. The third-order valence-electron chi connectivity index (χ3n) is 4.54. The molecule has 0 aromatic carbocycles. The van der Waals surface area contributed by atoms with E-state index in [1.807, 2.05) is 10.4 Å². The maximum absolute atomic E-state index is 4.16. The minimum absolute atomic E-state index is 0.634. The Kier molecular flexibility index (Phi) is 6.14. The lowest BCUT2D eigenvalue weighted by Crippen LogP contribution is -2.34. The van der Waals surface area contributed by atoms with Gasteiger partial charge in [0.2, 0.25) is 0 Å². The topological polar surface area (TPSA) is 0 Å². The van der Waals surface area contributed by atoms with Crippen LogP contribution in [-0.4, -0.2) is 24.2 Å². The van der Waals surface area contributed by atoms with E-state index in [4.69, 9.17) is 0 Å². The van der Waals surface area contributed by atoms with Crippen LogP contribution in [0.3, 0.4) is 0 Å². The lowest BCUT2D eigenvalue weighted by molar-refractivity contribution is 0.665. The molecule has 1 rings (SSSR count). The van der Waals surface area contributed by atoms with Gasteiger partial charge in [0, 0.05) is 8.07 Å². The first-order chi connectivity index (χ1) is 9.77. The Morgan fingerprint density at radius 2 is 1.32 bits per heavy atom. The van der Waals surface area contributed by atoms with Gasteiger partial charge in [0.1, 0.15) is 0 Å². The zero-order chi connectivity index (χ0) is 17.3. The third-order valence-corrected chi connectivity index (χ3v) is 10.8. The van der Waals surface area contributed by atoms with Crippen LogP contribution in [0.1, 0.15) is 6.42 Å². The normalized spacial score (nSPS) is 24.4. The summed E-state index contributed by atoms with van der Waals surface area (Å²) < 4.78 is 0. The van der Waals surface area contributed by atoms with Gasteiger partial charge in [-0.25, -0.2) is 0 Å². The number of hydrogen-bond donors (Lipinski definition) is 0. The highest BCUT2D eigenvalue weighted by molar-refractivity contribution is 6.89. The van der Waals surface area contributed by atoms with Crippen LogP contribution in [-0.2, 0) is 0 Å². The van der Waals surface area contributed by atoms with Crippen LogP contribution in [0.25, 0.3) is 0 Å². The van der Waals surface area contributed by atoms with Crippen molar-refractivity contribution >= 4 is 24.2 Å². The molecule has 3 heteroatoms. The van der Waals surface area contributed by atoms with Crippen molar-refractivity contribution in [3.63, 3.8) is 0 Å². The van der Waals surface area contributed by atoms with E-state index in [0.29, 0.717) is 11.8 Å². The molecule has 2 atom stereocenters. The predicted molar refractivity (Wildman–Crippen MR) is 113 cm³/mol. The van der Waals surface area contributed by atoms with Gasteiger partial charge >= 0.3 is 0 Å². The van der Waals surface area contributed by atoms with Crippen molar-refractivity contribution in [3.05, 3.63) is 35.2 Å². The number of allylic oxidation sites excluding steroid dienone is 5. The predicted octanol–water partition coefficient (Wildman–Crippen LogP) is 6.75. The zero-order valence-corrected chi connectivity index (χ0v) is 19.5. The van der Waals surface area contributed by atoms with E-state index in [1.54, 1.807) is 0 Å². The van der Waals surface area contributed by atoms with Crippen molar-refractivity contribution in [3.8, 4) is 0 Å². The van der Waals surface area contributed by atoms with Crippen molar-refractivity contribution in [2.45, 2.75) is 71.4 Å². The van der Waals surface area contributed by atoms with Crippen LogP contribution >= 0.6 is 0 Å². The maximum atomic E-state index is 4.16. The van der Waals surface area contributed by atoms with E-state index in [0.717, 1.165) is 0 Å². The van der Waals surface area contributed by atoms with Crippen molar-refractivity contribution in [1.29, 1.82) is 0 Å². The lowest BCUT2D eigenvalue weighted by Gasteiger charge is -2.31. The molecule has 0 radical (unpaired) electrons. The molecule has 0 saturated heterocycles. The second-order valence-electron chi connectivity index (χ2n) is 10.2. The van der Waals surface area contributed by atoms with Gasteiger partial charge < -0.3 is 0 Å². The molecule has 0 amide bonds. The quantitative estimate of drug-likeness (QED) is 0.367. The summed E-state index contributed by atoms with van der Waals surface area (Å²) in [6.07, 6.45) is 8.59. The summed E-state index contributed by atoms with van der Waals surface area (Å²) in [5.74, 6) is 1.32. The number of hydrogen-bond acceptors (Lipinski definition) is 0. The summed E-state index contributed by atoms with van der Waals surface area (Å²) in [6.45, 7) is 26.7. The fourth-order valence-corrected chi connectivity index (χ4v) is 11.6. The molecular formula is C19H38Si3. The second kappa shape index (κ2) is 6.78. The Labute approximate surface area is 142 Å². The standard InChI is InChI=1S/C19H38Si3/c1-11-16-15-17(13-12-14-20(2,3)4)19(22(8,9)10)18(16)21(5,6)7/h11-13,16-17H,1,14-15H2,2-10H3/b13-12-/t16-,17+/m1/s1. The first-order valence-corrected chi connectivity index (χ1v) is 19.5. The highest BCUT2D eigenvalue weighted by atomic mass is 28.3. The minimum Gasteiger partial charge on any atom is -0.102 e. The van der Waals surface area contributed by atoms with Crippen molar-refractivity contribution < 1.29 is 0 Å². The van der Waals surface area contributed by atoms with E-state index in [2.05, 4.69) is 83.7 Å². The zero-order valence-electron chi connectivity index (χ0n) is 16.5. The lowest BCUT2D eigenvalue weighted by atomic mass is 10.0. The molecule has 0 bridgehead atoms. The summed E-state index contributed by atoms with van der Waals surface area (Å²) >= 11 is 0. The van der Waals surface area contributed by atoms with Crippen LogP contribution in [0.15, 0.2) is 35.2 Å². The van der Waals surface area contributed by atoms with E-state index in [-0.39, 0.29) is 0 Å². The van der Waals surface area contributed by atoms with Crippen LogP contribution in [0.5, 0.6) is 0 Å². The van der Waals surface area contributed by atoms with E-state index >= 15 is 0 Å². The minimum atomic E-state index is -1.29. The maximum Gasteiger partial charge on any atom is 0.0726 e. The highest BCUT2D eigenvalue weighted by Gasteiger charge is 2.41. The smallest absolute Gasteiger partial charge is 0.0726 e. The number of rotatable bonds is 6. The molecule has 0 spiro atoms. The Morgan fingerprint density at radius 1 is 0.864 bits per heavy atom. The Morgan fingerprint density at radius 3 is 1.68 bits per heavy atom. The van der Waals surface area contributed by atoms with Crippen LogP contribution < -0.4 is 0 Å². The van der Waals surface area contributed by atoms with Gasteiger partial charge in [0.15, 0.2) is 0 Å². The average Bonchev–Trinajstić information content (AvgIpc) is 2.65. The molecule has 0 unspecified atom stereocenters. The second-order valence-corrected chi connectivity index (χ2v) is 25.8. The van der Waals surface area contributed by atoms with E-state index < -0.39 is 24.2 Å². The van der Waals surface area contributed by atoms with Gasteiger partial charge in [-0.05, 0) is 24.3 Å². The molecule has 1 aliphatic carbocycles. The molecular weight excluding hydrogens is 312 g/mol. The molecule has 0 N–H and O–H groups in total. The largest absolute Gasteiger partial charge is 0.102 e. The van der Waals surface area contributed by atoms with E-state index in [9.17, 15) is 0 Å². The first-order valence-electron chi connectivity index (χ1n) is 8.81. The SMILES string of the molecule is C=C[C@@H]1C[C@H](/C=C\C[Si](C)(C)C)C([Si](C)(C)C)=C1[Si](C)(C)C. The summed E-state index contributed by atoms with van der Waals surface area (Å²) in [5, 5.41) is 3.70. The monoisotopic (exact) mass is 350 g/mol. The summed E-state index contributed by atoms with van der Waals surface area (Å²) in [4.78, 5) is 0. The molecule has 22 heavy (non-hydrogen) atoms. The van der Waals surface area contributed by atoms with Gasteiger partial charge in [-0.3, -0.25) is 0 Å². The van der Waals surface area contributed by atoms with Crippen LogP contribution in [0, 0.1) is 11.8 Å². The molecule has 0 aromatic rings. The van der Waals surface area contributed by atoms with Crippen molar-refractivity contribution in [2.24, 2.45) is 11.8 Å². The van der Waals surface area contributed by atoms with E-state index in [1.165, 1.54) is 12.5 Å². The highest BCUT2D eigenvalue weighted by Crippen LogP contribution is 2.46. The summed E-state index contributed by atoms with van der Waals surface area (Å²) in [6, 6.07) is 1.31. The third kappa shape index (κ3) is 5.21. The summed E-state index contributed by atoms with van der Waals surface area (Å²) in [5.41, 5.74) is 0. The molecule has 0 nitrogen and oxygen atoms in total. The van der Waals surface area contributed by atoms with Gasteiger partial charge in [-0.15, -0.1) is 6.58 Å². The molecule has 1 aliphatic rings. The molecule has 0 saturated carbocycles. The molecule has 0 heterocycles. The van der Waals surface area contributed by atoms with Gasteiger partial charge in [0.25, 0.3) is 0 Å². The average molecular weight is 351 g/mol. The van der Waals surface area contributed by atoms with Crippen LogP contribution in [0.4, 0.5) is 0 Å². The van der Waals surface area contributed by atoms with Gasteiger partial charge in [-0.2, -0.15) is 0 Å². The molecule has 126 valence electrons. The first kappa shape index (κ1) is 19.9. The molecule has 0 aliphatic heterocycles. The van der Waals surface area contributed by atoms with Gasteiger partial charge in [-0.1, -0.05) is 87.5 Å². The van der Waals surface area contributed by atoms with Crippen molar-refractivity contribution in [1.82, 2.24) is 0 Å². The van der Waals surface area contributed by atoms with Crippen molar-refractivity contribution in [2.75, 3.05) is 0 Å². The molecule has 0 aromatic heterocycles. The Hall–Kier alpha value is -0.129. The fourth-order valence-electron chi connectivity index (χ4n) is 3.80. The van der Waals surface area contributed by atoms with Crippen LogP contribution in [0.2, 0.25) is 65.0 Å². The van der Waals surface area contributed by atoms with Gasteiger partial charge in [0.05, 0.1) is 16.1 Å². The molecule has 0 fully saturated rings.